The number of hydrogen-bond acceptors (Lipinski definition) is 7. The van der Waals surface area contributed by atoms with Gasteiger partial charge in [0.05, 0.1) is 25.8 Å². The van der Waals surface area contributed by atoms with Crippen LogP contribution in [0.25, 0.3) is 10.9 Å². The van der Waals surface area contributed by atoms with Crippen molar-refractivity contribution in [3.8, 4) is 5.75 Å². The van der Waals surface area contributed by atoms with Gasteiger partial charge in [0.15, 0.2) is 5.82 Å². The summed E-state index contributed by atoms with van der Waals surface area (Å²) in [5, 5.41) is 13.9. The van der Waals surface area contributed by atoms with E-state index >= 15 is 0 Å². The van der Waals surface area contributed by atoms with Crippen LogP contribution in [0.4, 0.5) is 0 Å². The largest absolute Gasteiger partial charge is 0.496 e. The number of para-hydroxylation sites is 1. The summed E-state index contributed by atoms with van der Waals surface area (Å²) >= 11 is 0. The molecule has 1 aliphatic rings. The van der Waals surface area contributed by atoms with E-state index in [0.29, 0.717) is 25.2 Å². The van der Waals surface area contributed by atoms with Crippen molar-refractivity contribution in [1.82, 2.24) is 30.1 Å². The summed E-state index contributed by atoms with van der Waals surface area (Å²) in [6.45, 7) is 8.74. The molecule has 39 heavy (non-hydrogen) atoms. The fraction of sp³-hybridized carbons (Fsp3) is 0.467. The molecule has 1 saturated heterocycles. The zero-order valence-electron chi connectivity index (χ0n) is 23.3. The van der Waals surface area contributed by atoms with Gasteiger partial charge in [-0.2, -0.15) is 0 Å². The van der Waals surface area contributed by atoms with Crippen LogP contribution in [0.15, 0.2) is 47.3 Å². The molecule has 0 spiro atoms. The van der Waals surface area contributed by atoms with Crippen LogP contribution in [0.1, 0.15) is 66.7 Å². The molecule has 5 rings (SSSR count). The third-order valence-electron chi connectivity index (χ3n) is 7.74. The lowest BCUT2D eigenvalue weighted by Crippen LogP contribution is -2.33. The lowest BCUT2D eigenvalue weighted by atomic mass is 10.0. The maximum absolute atomic E-state index is 13.3. The molecule has 0 bridgehead atoms. The molecule has 0 saturated carbocycles. The SMILES string of the molecule is CCC[C@@H](c1nnnn1C[C@H]1CCCO1)N(Cc1ccccc1OC)Cc1cc2cc(C)c(C)cc2[nH]c1=O. The average molecular weight is 531 g/mol. The van der Waals surface area contributed by atoms with E-state index in [2.05, 4.69) is 58.3 Å². The Labute approximate surface area is 229 Å². The van der Waals surface area contributed by atoms with E-state index in [4.69, 9.17) is 9.47 Å². The number of methoxy groups -OCH3 is 1. The first-order valence-corrected chi connectivity index (χ1v) is 13.8. The Kier molecular flexibility index (Phi) is 8.38. The molecule has 1 N–H and O–H groups in total. The molecular weight excluding hydrogens is 492 g/mol. The van der Waals surface area contributed by atoms with E-state index in [0.717, 1.165) is 65.9 Å². The topological polar surface area (TPSA) is 98.2 Å². The van der Waals surface area contributed by atoms with Crippen molar-refractivity contribution >= 4 is 10.9 Å². The summed E-state index contributed by atoms with van der Waals surface area (Å²) in [7, 11) is 1.69. The number of aromatic nitrogens is 5. The van der Waals surface area contributed by atoms with E-state index in [1.165, 1.54) is 5.56 Å². The fourth-order valence-electron chi connectivity index (χ4n) is 5.50. The summed E-state index contributed by atoms with van der Waals surface area (Å²) in [5.41, 5.74) is 4.88. The second kappa shape index (κ2) is 12.1. The number of nitrogens with one attached hydrogen (secondary N) is 1. The first-order valence-electron chi connectivity index (χ1n) is 13.8. The third kappa shape index (κ3) is 6.04. The second-order valence-corrected chi connectivity index (χ2v) is 10.5. The highest BCUT2D eigenvalue weighted by Gasteiger charge is 2.29. The molecule has 2 aromatic carbocycles. The lowest BCUT2D eigenvalue weighted by molar-refractivity contribution is 0.0884. The average Bonchev–Trinajstić information content (AvgIpc) is 3.61. The molecule has 0 unspecified atom stereocenters. The number of nitrogens with zero attached hydrogens (tertiary/aromatic N) is 5. The molecule has 3 heterocycles. The molecule has 206 valence electrons. The Morgan fingerprint density at radius 3 is 2.72 bits per heavy atom. The number of ether oxygens (including phenoxy) is 2. The van der Waals surface area contributed by atoms with Gasteiger partial charge in [0.1, 0.15) is 5.75 Å². The van der Waals surface area contributed by atoms with Gasteiger partial charge in [-0.05, 0) is 84.3 Å². The number of tetrazole rings is 1. The van der Waals surface area contributed by atoms with Crippen LogP contribution in [0.3, 0.4) is 0 Å². The first kappa shape index (κ1) is 27.0. The predicted molar refractivity (Wildman–Crippen MR) is 151 cm³/mol. The molecule has 1 fully saturated rings. The van der Waals surface area contributed by atoms with E-state index in [9.17, 15) is 4.79 Å². The smallest absolute Gasteiger partial charge is 0.252 e. The lowest BCUT2D eigenvalue weighted by Gasteiger charge is -2.31. The van der Waals surface area contributed by atoms with Gasteiger partial charge in [-0.1, -0.05) is 31.5 Å². The third-order valence-corrected chi connectivity index (χ3v) is 7.74. The molecule has 2 atom stereocenters. The molecule has 2 aromatic heterocycles. The van der Waals surface area contributed by atoms with Gasteiger partial charge < -0.3 is 14.5 Å². The minimum Gasteiger partial charge on any atom is -0.496 e. The minimum atomic E-state index is -0.105. The zero-order valence-corrected chi connectivity index (χ0v) is 23.3. The highest BCUT2D eigenvalue weighted by Crippen LogP contribution is 2.31. The minimum absolute atomic E-state index is 0.0787. The molecule has 1 aliphatic heterocycles. The van der Waals surface area contributed by atoms with Crippen molar-refractivity contribution in [2.45, 2.75) is 78.2 Å². The maximum Gasteiger partial charge on any atom is 0.252 e. The van der Waals surface area contributed by atoms with Crippen LogP contribution in [0.2, 0.25) is 0 Å². The van der Waals surface area contributed by atoms with E-state index < -0.39 is 0 Å². The Morgan fingerprint density at radius 1 is 1.15 bits per heavy atom. The number of fused-ring (bicyclic) bond motifs is 1. The van der Waals surface area contributed by atoms with Gasteiger partial charge in [0, 0.05) is 36.3 Å². The summed E-state index contributed by atoms with van der Waals surface area (Å²) in [5.74, 6) is 1.61. The van der Waals surface area contributed by atoms with Gasteiger partial charge >= 0.3 is 0 Å². The Hall–Kier alpha value is -3.56. The Bertz CT molecular complexity index is 1470. The second-order valence-electron chi connectivity index (χ2n) is 10.5. The molecule has 9 nitrogen and oxygen atoms in total. The van der Waals surface area contributed by atoms with E-state index in [1.54, 1.807) is 7.11 Å². The molecule has 0 amide bonds. The van der Waals surface area contributed by atoms with Gasteiger partial charge in [-0.25, -0.2) is 4.68 Å². The monoisotopic (exact) mass is 530 g/mol. The quantitative estimate of drug-likeness (QED) is 0.296. The zero-order chi connectivity index (χ0) is 27.4. The van der Waals surface area contributed by atoms with Crippen molar-refractivity contribution in [1.29, 1.82) is 0 Å². The molecular formula is C30H38N6O3. The van der Waals surface area contributed by atoms with Crippen molar-refractivity contribution in [2.75, 3.05) is 13.7 Å². The molecule has 0 aliphatic carbocycles. The van der Waals surface area contributed by atoms with Crippen LogP contribution in [0.5, 0.6) is 5.75 Å². The summed E-state index contributed by atoms with van der Waals surface area (Å²) in [6.07, 6.45) is 3.96. The predicted octanol–water partition coefficient (Wildman–Crippen LogP) is 4.86. The number of pyridine rings is 1. The summed E-state index contributed by atoms with van der Waals surface area (Å²) in [6, 6.07) is 14.1. The maximum atomic E-state index is 13.3. The van der Waals surface area contributed by atoms with E-state index in [-0.39, 0.29) is 17.7 Å². The highest BCUT2D eigenvalue weighted by atomic mass is 16.5. The van der Waals surface area contributed by atoms with Crippen molar-refractivity contribution in [2.24, 2.45) is 0 Å². The number of aryl methyl sites for hydroxylation is 2. The number of H-pyrrole nitrogens is 1. The van der Waals surface area contributed by atoms with Gasteiger partial charge in [0.25, 0.3) is 5.56 Å². The normalized spacial score (nSPS) is 16.3. The Balaban J connectivity index is 1.55. The van der Waals surface area contributed by atoms with Crippen LogP contribution in [0, 0.1) is 13.8 Å². The number of rotatable bonds is 11. The molecule has 4 aromatic rings. The number of aromatic amines is 1. The summed E-state index contributed by atoms with van der Waals surface area (Å²) < 4.78 is 13.5. The fourth-order valence-corrected chi connectivity index (χ4v) is 5.50. The Morgan fingerprint density at radius 2 is 1.95 bits per heavy atom. The van der Waals surface area contributed by atoms with Crippen molar-refractivity contribution < 1.29 is 9.47 Å². The number of hydrogen-bond donors (Lipinski definition) is 1. The highest BCUT2D eigenvalue weighted by molar-refractivity contribution is 5.80. The molecule has 9 heteroatoms. The van der Waals surface area contributed by atoms with Crippen molar-refractivity contribution in [3.63, 3.8) is 0 Å². The van der Waals surface area contributed by atoms with Crippen LogP contribution >= 0.6 is 0 Å². The first-order chi connectivity index (χ1) is 19.0. The van der Waals surface area contributed by atoms with Gasteiger partial charge in [-0.15, -0.1) is 5.10 Å². The number of benzene rings is 2. The van der Waals surface area contributed by atoms with E-state index in [1.807, 2.05) is 35.0 Å². The van der Waals surface area contributed by atoms with Crippen LogP contribution in [-0.2, 0) is 24.4 Å². The van der Waals surface area contributed by atoms with Crippen molar-refractivity contribution in [3.05, 3.63) is 80.9 Å². The van der Waals surface area contributed by atoms with Crippen LogP contribution < -0.4 is 10.3 Å². The van der Waals surface area contributed by atoms with Gasteiger partial charge in [-0.3, -0.25) is 9.69 Å². The summed E-state index contributed by atoms with van der Waals surface area (Å²) in [4.78, 5) is 18.8. The van der Waals surface area contributed by atoms with Crippen LogP contribution in [-0.4, -0.2) is 49.9 Å². The van der Waals surface area contributed by atoms with Gasteiger partial charge in [0.2, 0.25) is 0 Å². The molecule has 0 radical (unpaired) electrons. The standard InChI is InChI=1S/C30H38N6O3/c1-5-9-27(29-32-33-34-36(29)19-25-11-8-13-39-25)35(17-22-10-6-7-12-28(22)38-4)18-24-16-23-14-20(2)21(3)15-26(23)31-30(24)37/h6-7,10,12,14-16,25,27H,5,8-9,11,13,17-19H2,1-4H3,(H,31,37)/t25-,27+/m1/s1.